The van der Waals surface area contributed by atoms with Crippen LogP contribution in [0.15, 0.2) is 12.2 Å². The Hall–Kier alpha value is -0.340. The molecular weight excluding hydrogens is 320 g/mol. The summed E-state index contributed by atoms with van der Waals surface area (Å²) in [5.41, 5.74) is 1.29. The van der Waals surface area contributed by atoms with Gasteiger partial charge in [-0.2, -0.15) is 0 Å². The SMILES string of the molecule is COCO[C@@H]1CC[C@@]2(C)[C@@H](CC[C@H]3[C@@H]4CC[C@@H]5C=CCCC54CC[C@@H]32)C1. The second-order valence-electron chi connectivity index (χ2n) is 10.5. The normalized spacial score (nSPS) is 52.7. The van der Waals surface area contributed by atoms with Crippen LogP contribution in [-0.4, -0.2) is 20.0 Å². The predicted molar refractivity (Wildman–Crippen MR) is 105 cm³/mol. The second kappa shape index (κ2) is 6.62. The lowest BCUT2D eigenvalue weighted by molar-refractivity contribution is -0.154. The van der Waals surface area contributed by atoms with Gasteiger partial charge in [-0.1, -0.05) is 19.1 Å². The first kappa shape index (κ1) is 17.7. The van der Waals surface area contributed by atoms with Gasteiger partial charge in [0.1, 0.15) is 6.79 Å². The number of ether oxygens (including phenoxy) is 2. The summed E-state index contributed by atoms with van der Waals surface area (Å²) in [5.74, 6) is 4.86. The Balaban J connectivity index is 1.35. The molecule has 0 heterocycles. The van der Waals surface area contributed by atoms with Crippen LogP contribution in [0, 0.1) is 40.4 Å². The number of allylic oxidation sites excluding steroid dienone is 2. The monoisotopic (exact) mass is 358 g/mol. The summed E-state index contributed by atoms with van der Waals surface area (Å²) in [7, 11) is 1.74. The lowest BCUT2D eigenvalue weighted by atomic mass is 9.43. The van der Waals surface area contributed by atoms with Crippen molar-refractivity contribution in [3.8, 4) is 0 Å². The fraction of sp³-hybridized carbons (Fsp3) is 0.917. The number of hydrogen-bond donors (Lipinski definition) is 0. The van der Waals surface area contributed by atoms with Gasteiger partial charge in [0.25, 0.3) is 0 Å². The Morgan fingerprint density at radius 1 is 0.962 bits per heavy atom. The average molecular weight is 359 g/mol. The molecule has 0 aromatic heterocycles. The maximum atomic E-state index is 5.97. The molecule has 0 aromatic carbocycles. The minimum absolute atomic E-state index is 0.443. The first-order chi connectivity index (χ1) is 12.7. The third-order valence-electron chi connectivity index (χ3n) is 9.97. The zero-order valence-electron chi connectivity index (χ0n) is 16.9. The molecule has 0 aromatic rings. The number of methoxy groups -OCH3 is 1. The summed E-state index contributed by atoms with van der Waals surface area (Å²) in [6.45, 7) is 3.14. The highest BCUT2D eigenvalue weighted by molar-refractivity contribution is 5.16. The van der Waals surface area contributed by atoms with Gasteiger partial charge in [-0.3, -0.25) is 0 Å². The van der Waals surface area contributed by atoms with Crippen molar-refractivity contribution in [2.75, 3.05) is 13.9 Å². The average Bonchev–Trinajstić information content (AvgIpc) is 3.06. The van der Waals surface area contributed by atoms with Crippen LogP contribution in [0.2, 0.25) is 0 Å². The lowest BCUT2D eigenvalue weighted by Crippen LogP contribution is -2.54. The van der Waals surface area contributed by atoms with E-state index in [2.05, 4.69) is 19.1 Å². The number of rotatable bonds is 3. The lowest BCUT2D eigenvalue weighted by Gasteiger charge is -2.62. The van der Waals surface area contributed by atoms with Gasteiger partial charge >= 0.3 is 0 Å². The summed E-state index contributed by atoms with van der Waals surface area (Å²) >= 11 is 0. The molecule has 2 nitrogen and oxygen atoms in total. The van der Waals surface area contributed by atoms with Crippen LogP contribution >= 0.6 is 0 Å². The Morgan fingerprint density at radius 2 is 1.88 bits per heavy atom. The minimum atomic E-state index is 0.443. The predicted octanol–water partition coefficient (Wildman–Crippen LogP) is 5.96. The van der Waals surface area contributed by atoms with Gasteiger partial charge in [0.05, 0.1) is 6.10 Å². The van der Waals surface area contributed by atoms with Crippen molar-refractivity contribution < 1.29 is 9.47 Å². The molecule has 5 aliphatic carbocycles. The molecule has 1 unspecified atom stereocenters. The molecule has 5 rings (SSSR count). The van der Waals surface area contributed by atoms with Crippen LogP contribution < -0.4 is 0 Å². The topological polar surface area (TPSA) is 18.5 Å². The van der Waals surface area contributed by atoms with Gasteiger partial charge in [-0.15, -0.1) is 0 Å². The van der Waals surface area contributed by atoms with Gasteiger partial charge < -0.3 is 9.47 Å². The van der Waals surface area contributed by atoms with Crippen LogP contribution in [0.25, 0.3) is 0 Å². The van der Waals surface area contributed by atoms with E-state index in [1.54, 1.807) is 7.11 Å². The number of hydrogen-bond acceptors (Lipinski definition) is 2. The molecule has 0 radical (unpaired) electrons. The molecular formula is C24H38O2. The Kier molecular flexibility index (Phi) is 4.52. The largest absolute Gasteiger partial charge is 0.359 e. The van der Waals surface area contributed by atoms with Crippen LogP contribution in [0.4, 0.5) is 0 Å². The smallest absolute Gasteiger partial charge is 0.146 e. The fourth-order valence-electron chi connectivity index (χ4n) is 8.78. The summed E-state index contributed by atoms with van der Waals surface area (Å²) < 4.78 is 11.1. The van der Waals surface area contributed by atoms with Crippen LogP contribution in [0.3, 0.4) is 0 Å². The molecule has 0 N–H and O–H groups in total. The van der Waals surface area contributed by atoms with E-state index in [4.69, 9.17) is 9.47 Å². The minimum Gasteiger partial charge on any atom is -0.359 e. The molecule has 146 valence electrons. The van der Waals surface area contributed by atoms with Gasteiger partial charge in [-0.05, 0) is 111 Å². The van der Waals surface area contributed by atoms with Crippen molar-refractivity contribution in [2.45, 2.75) is 83.7 Å². The van der Waals surface area contributed by atoms with E-state index in [1.165, 1.54) is 70.6 Å². The van der Waals surface area contributed by atoms with Crippen molar-refractivity contribution in [1.29, 1.82) is 0 Å². The molecule has 1 spiro atoms. The highest BCUT2D eigenvalue weighted by atomic mass is 16.7. The van der Waals surface area contributed by atoms with Crippen molar-refractivity contribution >= 4 is 0 Å². The highest BCUT2D eigenvalue weighted by Crippen LogP contribution is 2.69. The summed E-state index contributed by atoms with van der Waals surface area (Å²) in [4.78, 5) is 0. The van der Waals surface area contributed by atoms with E-state index in [0.717, 1.165) is 29.6 Å². The molecule has 26 heavy (non-hydrogen) atoms. The first-order valence-corrected chi connectivity index (χ1v) is 11.4. The first-order valence-electron chi connectivity index (χ1n) is 11.4. The summed E-state index contributed by atoms with van der Waals surface area (Å²) in [5, 5.41) is 0. The molecule has 2 heteroatoms. The summed E-state index contributed by atoms with van der Waals surface area (Å²) in [6.07, 6.45) is 21.3. The van der Waals surface area contributed by atoms with E-state index >= 15 is 0 Å². The maximum Gasteiger partial charge on any atom is 0.146 e. The van der Waals surface area contributed by atoms with Gasteiger partial charge in [0.15, 0.2) is 0 Å². The molecule has 0 bridgehead atoms. The molecule has 5 aliphatic rings. The third-order valence-corrected chi connectivity index (χ3v) is 9.97. The Morgan fingerprint density at radius 3 is 2.77 bits per heavy atom. The van der Waals surface area contributed by atoms with Crippen molar-refractivity contribution in [1.82, 2.24) is 0 Å². The number of fused-ring (bicyclic) bond motifs is 4. The van der Waals surface area contributed by atoms with Crippen LogP contribution in [0.1, 0.15) is 77.6 Å². The second-order valence-corrected chi connectivity index (χ2v) is 10.5. The third kappa shape index (κ3) is 2.50. The summed E-state index contributed by atoms with van der Waals surface area (Å²) in [6, 6.07) is 0. The molecule has 4 fully saturated rings. The van der Waals surface area contributed by atoms with Gasteiger partial charge in [0, 0.05) is 7.11 Å². The molecule has 4 saturated carbocycles. The standard InChI is InChI=1S/C24H38O2/c1-23-13-10-19(26-16-25-2)15-18(23)6-8-20-21(23)11-14-24-12-4-3-5-17(24)7-9-22(20)24/h3,5,17-22H,4,6-16H2,1-2H3/t17-,18-,19+,20+,21-,22-,23-,24?/m0/s1. The Bertz CT molecular complexity index is 556. The van der Waals surface area contributed by atoms with Crippen LogP contribution in [0.5, 0.6) is 0 Å². The quantitative estimate of drug-likeness (QED) is 0.457. The maximum absolute atomic E-state index is 5.97. The zero-order chi connectivity index (χ0) is 17.8. The van der Waals surface area contributed by atoms with Crippen molar-refractivity contribution in [2.24, 2.45) is 40.4 Å². The van der Waals surface area contributed by atoms with Crippen molar-refractivity contribution in [3.63, 3.8) is 0 Å². The van der Waals surface area contributed by atoms with Gasteiger partial charge in [-0.25, -0.2) is 0 Å². The van der Waals surface area contributed by atoms with E-state index in [1.807, 2.05) is 0 Å². The fourth-order valence-corrected chi connectivity index (χ4v) is 8.78. The van der Waals surface area contributed by atoms with Gasteiger partial charge in [0.2, 0.25) is 0 Å². The van der Waals surface area contributed by atoms with E-state index in [-0.39, 0.29) is 0 Å². The highest BCUT2D eigenvalue weighted by Gasteiger charge is 2.61. The molecule has 0 amide bonds. The van der Waals surface area contributed by atoms with E-state index in [0.29, 0.717) is 23.7 Å². The van der Waals surface area contributed by atoms with Crippen LogP contribution in [-0.2, 0) is 9.47 Å². The molecule has 0 saturated heterocycles. The Labute approximate surface area is 160 Å². The zero-order valence-corrected chi connectivity index (χ0v) is 16.9. The van der Waals surface area contributed by atoms with E-state index in [9.17, 15) is 0 Å². The molecule has 8 atom stereocenters. The molecule has 0 aliphatic heterocycles. The van der Waals surface area contributed by atoms with E-state index < -0.39 is 0 Å². The van der Waals surface area contributed by atoms with Crippen molar-refractivity contribution in [3.05, 3.63) is 12.2 Å².